The molecule has 0 bridgehead atoms. The first-order valence-corrected chi connectivity index (χ1v) is 6.53. The van der Waals surface area contributed by atoms with E-state index >= 15 is 0 Å². The van der Waals surface area contributed by atoms with Crippen molar-refractivity contribution in [2.45, 2.75) is 19.4 Å². The second-order valence-corrected chi connectivity index (χ2v) is 4.55. The average Bonchev–Trinajstić information content (AvgIpc) is 2.92. The highest BCUT2D eigenvalue weighted by Gasteiger charge is 2.07. The molecule has 0 aliphatic heterocycles. The van der Waals surface area contributed by atoms with Crippen LogP contribution in [0.4, 0.5) is 0 Å². The molecule has 1 aromatic heterocycles. The van der Waals surface area contributed by atoms with E-state index < -0.39 is 0 Å². The molecule has 1 N–H and O–H groups in total. The molecule has 0 aliphatic rings. The summed E-state index contributed by atoms with van der Waals surface area (Å²) in [6.07, 6.45) is 4.46. The van der Waals surface area contributed by atoms with E-state index in [1.54, 1.807) is 13.2 Å². The summed E-state index contributed by atoms with van der Waals surface area (Å²) in [5, 5.41) is 7.09. The van der Waals surface area contributed by atoms with Gasteiger partial charge in [0.1, 0.15) is 5.75 Å². The maximum absolute atomic E-state index is 5.18. The third-order valence-corrected chi connectivity index (χ3v) is 2.98. The number of hydrogen-bond acceptors (Lipinski definition) is 5. The van der Waals surface area contributed by atoms with Gasteiger partial charge in [-0.2, -0.15) is 4.98 Å². The van der Waals surface area contributed by atoms with Crippen LogP contribution in [-0.4, -0.2) is 30.3 Å². The van der Waals surface area contributed by atoms with Gasteiger partial charge in [-0.1, -0.05) is 17.3 Å². The van der Waals surface area contributed by atoms with Crippen molar-refractivity contribution in [1.82, 2.24) is 15.5 Å². The van der Waals surface area contributed by atoms with Crippen LogP contribution in [0, 0.1) is 0 Å². The topological polar surface area (TPSA) is 60.2 Å². The Hall–Kier alpha value is -1.85. The Morgan fingerprint density at radius 2 is 2.19 bits per heavy atom. The number of aromatic nitrogens is 2. The normalized spacial score (nSPS) is 12.1. The van der Waals surface area contributed by atoms with E-state index in [2.05, 4.69) is 22.4 Å². The molecule has 6 heteroatoms. The first-order valence-electron chi connectivity index (χ1n) is 6.53. The monoisotopic (exact) mass is 309 g/mol. The third-order valence-electron chi connectivity index (χ3n) is 2.98. The fraction of sp³-hybridized carbons (Fsp3) is 0.333. The zero-order chi connectivity index (χ0) is 14.4. The molecule has 1 atom stereocenters. The molecule has 0 saturated carbocycles. The van der Waals surface area contributed by atoms with Crippen LogP contribution >= 0.6 is 12.4 Å². The van der Waals surface area contributed by atoms with Gasteiger partial charge in [-0.05, 0) is 37.7 Å². The van der Waals surface area contributed by atoms with Gasteiger partial charge in [0.05, 0.1) is 7.11 Å². The number of rotatable bonds is 6. The first-order chi connectivity index (χ1) is 9.71. The number of nitrogens with zero attached hydrogens (tertiary/aromatic N) is 2. The number of ether oxygens (including phenoxy) is 1. The minimum absolute atomic E-state index is 0. The third kappa shape index (κ3) is 5.21. The summed E-state index contributed by atoms with van der Waals surface area (Å²) in [6.45, 7) is 2.07. The second-order valence-electron chi connectivity index (χ2n) is 4.55. The van der Waals surface area contributed by atoms with Crippen LogP contribution in [0.2, 0.25) is 0 Å². The van der Waals surface area contributed by atoms with Gasteiger partial charge in [0, 0.05) is 18.5 Å². The van der Waals surface area contributed by atoms with Gasteiger partial charge < -0.3 is 14.6 Å². The summed E-state index contributed by atoms with van der Waals surface area (Å²) in [4.78, 5) is 4.32. The predicted octanol–water partition coefficient (Wildman–Crippen LogP) is 2.82. The molecular formula is C15H20ClN3O2. The molecule has 0 radical (unpaired) electrons. The molecule has 2 rings (SSSR count). The fourth-order valence-corrected chi connectivity index (χ4v) is 1.71. The van der Waals surface area contributed by atoms with Gasteiger partial charge in [-0.25, -0.2) is 0 Å². The lowest BCUT2D eigenvalue weighted by molar-refractivity contribution is 0.400. The van der Waals surface area contributed by atoms with Crippen LogP contribution in [0.1, 0.15) is 24.2 Å². The highest BCUT2D eigenvalue weighted by Crippen LogP contribution is 2.14. The molecule has 114 valence electrons. The van der Waals surface area contributed by atoms with E-state index in [0.29, 0.717) is 17.8 Å². The van der Waals surface area contributed by atoms with E-state index in [9.17, 15) is 0 Å². The summed E-state index contributed by atoms with van der Waals surface area (Å²) in [7, 11) is 3.56. The van der Waals surface area contributed by atoms with E-state index in [1.807, 2.05) is 37.4 Å². The lowest BCUT2D eigenvalue weighted by Gasteiger charge is -2.04. The van der Waals surface area contributed by atoms with Gasteiger partial charge in [0.25, 0.3) is 5.89 Å². The van der Waals surface area contributed by atoms with Gasteiger partial charge >= 0.3 is 0 Å². The smallest absolute Gasteiger partial charge is 0.250 e. The molecule has 0 fully saturated rings. The van der Waals surface area contributed by atoms with E-state index in [1.165, 1.54) is 0 Å². The molecule has 21 heavy (non-hydrogen) atoms. The SMILES string of the molecule is CNC(C)Cc1noc(/C=C/c2cccc(OC)c2)n1.Cl. The average molecular weight is 310 g/mol. The predicted molar refractivity (Wildman–Crippen MR) is 85.7 cm³/mol. The first kappa shape index (κ1) is 17.2. The van der Waals surface area contributed by atoms with E-state index in [4.69, 9.17) is 9.26 Å². The lowest BCUT2D eigenvalue weighted by atomic mass is 10.2. The maximum atomic E-state index is 5.18. The Morgan fingerprint density at radius 1 is 1.38 bits per heavy atom. The molecule has 5 nitrogen and oxygen atoms in total. The Bertz CT molecular complexity index is 584. The number of methoxy groups -OCH3 is 1. The quantitative estimate of drug-likeness (QED) is 0.889. The van der Waals surface area contributed by atoms with Crippen LogP contribution < -0.4 is 10.1 Å². The summed E-state index contributed by atoms with van der Waals surface area (Å²) in [5.74, 6) is 2.03. The van der Waals surface area contributed by atoms with Gasteiger partial charge in [0.2, 0.25) is 0 Å². The summed E-state index contributed by atoms with van der Waals surface area (Å²) < 4.78 is 10.4. The van der Waals surface area contributed by atoms with Crippen molar-refractivity contribution in [3.05, 3.63) is 41.5 Å². The zero-order valence-electron chi connectivity index (χ0n) is 12.4. The van der Waals surface area contributed by atoms with Crippen molar-refractivity contribution in [2.75, 3.05) is 14.2 Å². The second kappa shape index (κ2) is 8.44. The van der Waals surface area contributed by atoms with E-state index in [-0.39, 0.29) is 12.4 Å². The highest BCUT2D eigenvalue weighted by atomic mass is 35.5. The largest absolute Gasteiger partial charge is 0.497 e. The summed E-state index contributed by atoms with van der Waals surface area (Å²) in [5.41, 5.74) is 1.02. The Labute approximate surface area is 130 Å². The molecular weight excluding hydrogens is 290 g/mol. The minimum Gasteiger partial charge on any atom is -0.497 e. The summed E-state index contributed by atoms with van der Waals surface area (Å²) in [6, 6.07) is 8.09. The Morgan fingerprint density at radius 3 is 2.90 bits per heavy atom. The van der Waals surface area contributed by atoms with Gasteiger partial charge in [-0.15, -0.1) is 12.4 Å². The highest BCUT2D eigenvalue weighted by molar-refractivity contribution is 5.85. The number of benzene rings is 1. The summed E-state index contributed by atoms with van der Waals surface area (Å²) >= 11 is 0. The number of likely N-dealkylation sites (N-methyl/N-ethyl adjacent to an activating group) is 1. The van der Waals surface area contributed by atoms with Crippen molar-refractivity contribution in [1.29, 1.82) is 0 Å². The van der Waals surface area contributed by atoms with Crippen molar-refractivity contribution >= 4 is 24.6 Å². The Kier molecular flexibility index (Phi) is 6.91. The molecule has 0 saturated heterocycles. The fourth-order valence-electron chi connectivity index (χ4n) is 1.71. The molecule has 1 aromatic carbocycles. The van der Waals surface area contributed by atoms with Crippen molar-refractivity contribution in [3.8, 4) is 5.75 Å². The van der Waals surface area contributed by atoms with Gasteiger partial charge in [0.15, 0.2) is 5.82 Å². The van der Waals surface area contributed by atoms with Crippen LogP contribution in [0.5, 0.6) is 5.75 Å². The molecule has 1 heterocycles. The van der Waals surface area contributed by atoms with Crippen LogP contribution in [0.25, 0.3) is 12.2 Å². The Balaban J connectivity index is 0.00000220. The molecule has 2 aromatic rings. The van der Waals surface area contributed by atoms with Gasteiger partial charge in [-0.3, -0.25) is 0 Å². The zero-order valence-corrected chi connectivity index (χ0v) is 13.2. The maximum Gasteiger partial charge on any atom is 0.250 e. The van der Waals surface area contributed by atoms with Crippen molar-refractivity contribution < 1.29 is 9.26 Å². The van der Waals surface area contributed by atoms with Crippen molar-refractivity contribution in [2.24, 2.45) is 0 Å². The van der Waals surface area contributed by atoms with Crippen LogP contribution in [0.15, 0.2) is 28.8 Å². The number of halogens is 1. The van der Waals surface area contributed by atoms with E-state index in [0.717, 1.165) is 17.7 Å². The lowest BCUT2D eigenvalue weighted by Crippen LogP contribution is -2.24. The minimum atomic E-state index is 0. The molecule has 0 amide bonds. The molecule has 1 unspecified atom stereocenters. The van der Waals surface area contributed by atoms with Crippen molar-refractivity contribution in [3.63, 3.8) is 0 Å². The standard InChI is InChI=1S/C15H19N3O2.ClH/c1-11(16-2)9-14-17-15(20-18-14)8-7-12-5-4-6-13(10-12)19-3;/h4-8,10-11,16H,9H2,1-3H3;1H/b8-7+;. The number of nitrogens with one attached hydrogen (secondary N) is 1. The number of hydrogen-bond donors (Lipinski definition) is 1. The molecule has 0 aliphatic carbocycles. The van der Waals surface area contributed by atoms with Crippen LogP contribution in [-0.2, 0) is 6.42 Å². The van der Waals surface area contributed by atoms with Crippen LogP contribution in [0.3, 0.4) is 0 Å². The molecule has 0 spiro atoms.